The number of hydrogen-bond donors (Lipinski definition) is 0. The highest BCUT2D eigenvalue weighted by Gasteiger charge is 2.33. The first kappa shape index (κ1) is 27.6. The van der Waals surface area contributed by atoms with Crippen molar-refractivity contribution in [1.29, 1.82) is 0 Å². The minimum atomic E-state index is 0.962. The Labute approximate surface area is 266 Å². The first-order valence-corrected chi connectivity index (χ1v) is 16.6. The lowest BCUT2D eigenvalue weighted by molar-refractivity contribution is 0.840. The fraction of sp³-hybridized carbons (Fsp3) is 0.220. The van der Waals surface area contributed by atoms with E-state index in [0.29, 0.717) is 0 Å². The first-order valence-electron chi connectivity index (χ1n) is 16.6. The van der Waals surface area contributed by atoms with Crippen LogP contribution >= 0.6 is 0 Å². The number of para-hydroxylation sites is 2. The third kappa shape index (κ3) is 4.42. The summed E-state index contributed by atoms with van der Waals surface area (Å²) >= 11 is 0. The van der Waals surface area contributed by atoms with Crippen LogP contribution in [0.15, 0.2) is 115 Å². The van der Waals surface area contributed by atoms with E-state index in [9.17, 15) is 0 Å². The largest absolute Gasteiger partial charge is 0.338 e. The van der Waals surface area contributed by atoms with Crippen molar-refractivity contribution < 1.29 is 0 Å². The van der Waals surface area contributed by atoms with Crippen molar-refractivity contribution in [3.63, 3.8) is 0 Å². The zero-order chi connectivity index (χ0) is 30.5. The summed E-state index contributed by atoms with van der Waals surface area (Å²) in [5.41, 5.74) is 11.3. The van der Waals surface area contributed by atoms with Crippen molar-refractivity contribution in [3.8, 4) is 0 Å². The molecule has 0 saturated heterocycles. The van der Waals surface area contributed by atoms with Crippen LogP contribution in [-0.2, 0) is 0 Å². The molecule has 0 aromatic heterocycles. The molecule has 0 bridgehead atoms. The van der Waals surface area contributed by atoms with Crippen LogP contribution in [0, 0.1) is 0 Å². The summed E-state index contributed by atoms with van der Waals surface area (Å²) in [5, 5.41) is 5.11. The van der Waals surface area contributed by atoms with Gasteiger partial charge in [0.25, 0.3) is 0 Å². The minimum absolute atomic E-state index is 0.962. The zero-order valence-electron chi connectivity index (χ0n) is 26.5. The van der Waals surface area contributed by atoms with E-state index < -0.39 is 0 Å². The third-order valence-corrected chi connectivity index (χ3v) is 9.35. The Bertz CT molecular complexity index is 2050. The van der Waals surface area contributed by atoms with Gasteiger partial charge < -0.3 is 19.6 Å². The second-order valence-corrected chi connectivity index (χ2v) is 12.3. The van der Waals surface area contributed by atoms with Crippen molar-refractivity contribution in [2.75, 3.05) is 39.2 Å². The Kier molecular flexibility index (Phi) is 6.86. The Balaban J connectivity index is 1.35. The van der Waals surface area contributed by atoms with Gasteiger partial charge in [0.15, 0.2) is 0 Å². The molecule has 2 heterocycles. The Morgan fingerprint density at radius 2 is 0.733 bits per heavy atom. The fourth-order valence-electron chi connectivity index (χ4n) is 7.43. The predicted octanol–water partition coefficient (Wildman–Crippen LogP) is 11.7. The monoisotopic (exact) mass is 588 g/mol. The average Bonchev–Trinajstić information content (AvgIpc) is 3.08. The molecule has 0 saturated carbocycles. The molecule has 0 unspecified atom stereocenters. The summed E-state index contributed by atoms with van der Waals surface area (Å²) in [6.45, 7) is 9.75. The van der Waals surface area contributed by atoms with Gasteiger partial charge >= 0.3 is 0 Å². The molecule has 6 aromatic rings. The number of fused-ring (bicyclic) bond motifs is 6. The summed E-state index contributed by atoms with van der Waals surface area (Å²) in [6, 6.07) is 43.1. The average molecular weight is 589 g/mol. The molecule has 4 nitrogen and oxygen atoms in total. The molecule has 0 fully saturated rings. The van der Waals surface area contributed by atoms with Gasteiger partial charge in [0.2, 0.25) is 0 Å². The van der Waals surface area contributed by atoms with Gasteiger partial charge in [-0.25, -0.2) is 0 Å². The highest BCUT2D eigenvalue weighted by atomic mass is 15.3. The molecule has 2 aliphatic heterocycles. The van der Waals surface area contributed by atoms with Crippen LogP contribution in [0.5, 0.6) is 0 Å². The number of anilines is 9. The SMILES string of the molecule is CCCN1c2ccc(N3c4ccccc4N(CCC)c4cc5ccccc5cc43)cc2N(CCC)c2cc3ccccc3cc21. The Morgan fingerprint density at radius 3 is 1.24 bits per heavy atom. The van der Waals surface area contributed by atoms with Crippen LogP contribution < -0.4 is 19.6 Å². The van der Waals surface area contributed by atoms with E-state index in [2.05, 4.69) is 156 Å². The van der Waals surface area contributed by atoms with Crippen molar-refractivity contribution >= 4 is 72.7 Å². The van der Waals surface area contributed by atoms with Gasteiger partial charge in [0, 0.05) is 25.3 Å². The molecule has 8 rings (SSSR count). The maximum atomic E-state index is 2.56. The Hall–Kier alpha value is -4.96. The lowest BCUT2D eigenvalue weighted by atomic mass is 9.99. The molecule has 0 aliphatic carbocycles. The third-order valence-electron chi connectivity index (χ3n) is 9.35. The number of nitrogens with zero attached hydrogens (tertiary/aromatic N) is 4. The summed E-state index contributed by atoms with van der Waals surface area (Å²) in [4.78, 5) is 10.1. The number of rotatable bonds is 7. The quantitative estimate of drug-likeness (QED) is 0.184. The van der Waals surface area contributed by atoms with Gasteiger partial charge in [-0.15, -0.1) is 0 Å². The van der Waals surface area contributed by atoms with Crippen LogP contribution in [0.25, 0.3) is 21.5 Å². The van der Waals surface area contributed by atoms with Crippen molar-refractivity contribution in [2.45, 2.75) is 40.0 Å². The van der Waals surface area contributed by atoms with Gasteiger partial charge in [-0.1, -0.05) is 81.4 Å². The van der Waals surface area contributed by atoms with Crippen LogP contribution in [0.3, 0.4) is 0 Å². The highest BCUT2D eigenvalue weighted by Crippen LogP contribution is 2.55. The smallest absolute Gasteiger partial charge is 0.0706 e. The topological polar surface area (TPSA) is 13.0 Å². The molecule has 224 valence electrons. The van der Waals surface area contributed by atoms with Crippen LogP contribution in [0.1, 0.15) is 40.0 Å². The van der Waals surface area contributed by atoms with Crippen molar-refractivity contribution in [3.05, 3.63) is 115 Å². The number of benzene rings is 6. The van der Waals surface area contributed by atoms with Crippen LogP contribution in [0.4, 0.5) is 51.2 Å². The molecule has 45 heavy (non-hydrogen) atoms. The minimum Gasteiger partial charge on any atom is -0.338 e. The fourth-order valence-corrected chi connectivity index (χ4v) is 7.43. The summed E-state index contributed by atoms with van der Waals surface area (Å²) in [7, 11) is 0. The first-order chi connectivity index (χ1) is 22.2. The van der Waals surface area contributed by atoms with Crippen molar-refractivity contribution in [1.82, 2.24) is 0 Å². The van der Waals surface area contributed by atoms with Crippen molar-refractivity contribution in [2.24, 2.45) is 0 Å². The molecule has 0 N–H and O–H groups in total. The summed E-state index contributed by atoms with van der Waals surface area (Å²) < 4.78 is 0. The van der Waals surface area contributed by atoms with E-state index in [0.717, 1.165) is 38.9 Å². The summed E-state index contributed by atoms with van der Waals surface area (Å²) in [5.74, 6) is 0. The summed E-state index contributed by atoms with van der Waals surface area (Å²) in [6.07, 6.45) is 3.22. The van der Waals surface area contributed by atoms with Gasteiger partial charge in [0.1, 0.15) is 0 Å². The van der Waals surface area contributed by atoms with Crippen LogP contribution in [-0.4, -0.2) is 19.6 Å². The van der Waals surface area contributed by atoms with E-state index in [4.69, 9.17) is 0 Å². The van der Waals surface area contributed by atoms with E-state index >= 15 is 0 Å². The molecular weight excluding hydrogens is 548 g/mol. The number of hydrogen-bond acceptors (Lipinski definition) is 4. The lowest BCUT2D eigenvalue weighted by Crippen LogP contribution is -2.31. The van der Waals surface area contributed by atoms with E-state index in [-0.39, 0.29) is 0 Å². The zero-order valence-corrected chi connectivity index (χ0v) is 26.5. The maximum absolute atomic E-state index is 2.56. The normalized spacial score (nSPS) is 13.6. The van der Waals surface area contributed by atoms with Gasteiger partial charge in [-0.3, -0.25) is 0 Å². The standard InChI is InChI=1S/C41H40N4/c1-4-21-42-34-17-11-12-18-36(34)45(41-27-32-16-10-9-15-31(32)26-39(41)42)33-19-20-35-40(28-33)44(23-6-3)38-25-30-14-8-7-13-29(30)24-37(38)43(35)22-5-2/h7-20,24-28H,4-6,21-23H2,1-3H3. The molecule has 0 atom stereocenters. The maximum Gasteiger partial charge on any atom is 0.0706 e. The predicted molar refractivity (Wildman–Crippen MR) is 194 cm³/mol. The molecule has 2 aliphatic rings. The van der Waals surface area contributed by atoms with E-state index in [1.165, 1.54) is 72.7 Å². The molecule has 0 spiro atoms. The molecule has 0 radical (unpaired) electrons. The van der Waals surface area contributed by atoms with Gasteiger partial charge in [0.05, 0.1) is 45.5 Å². The van der Waals surface area contributed by atoms with E-state index in [1.807, 2.05) is 0 Å². The van der Waals surface area contributed by atoms with Crippen LogP contribution in [0.2, 0.25) is 0 Å². The second-order valence-electron chi connectivity index (χ2n) is 12.3. The highest BCUT2D eigenvalue weighted by molar-refractivity contribution is 6.06. The Morgan fingerprint density at radius 1 is 0.356 bits per heavy atom. The van der Waals surface area contributed by atoms with E-state index in [1.54, 1.807) is 0 Å². The molecule has 4 heteroatoms. The molecule has 6 aromatic carbocycles. The second kappa shape index (κ2) is 11.2. The van der Waals surface area contributed by atoms with Gasteiger partial charge in [-0.2, -0.15) is 0 Å². The lowest BCUT2D eigenvalue weighted by Gasteiger charge is -2.43. The van der Waals surface area contributed by atoms with Gasteiger partial charge in [-0.05, 0) is 95.4 Å². The molecule has 0 amide bonds. The molecular formula is C41H40N4.